The van der Waals surface area contributed by atoms with E-state index in [4.69, 9.17) is 9.84 Å². The number of fused-ring (bicyclic) bond motifs is 1. The van der Waals surface area contributed by atoms with Crippen molar-refractivity contribution < 1.29 is 19.4 Å². The first-order valence-electron chi connectivity index (χ1n) is 7.76. The summed E-state index contributed by atoms with van der Waals surface area (Å²) in [6.45, 7) is -0.0672. The SMILES string of the molecule is O=C(COc1cccc2ccccc12)N[C@H]1CC[C@@H](C(=O)O)C1. The Morgan fingerprint density at radius 3 is 2.70 bits per heavy atom. The van der Waals surface area contributed by atoms with Gasteiger partial charge in [-0.05, 0) is 30.7 Å². The molecule has 0 radical (unpaired) electrons. The summed E-state index contributed by atoms with van der Waals surface area (Å²) in [7, 11) is 0. The summed E-state index contributed by atoms with van der Waals surface area (Å²) >= 11 is 0. The third kappa shape index (κ3) is 3.62. The van der Waals surface area contributed by atoms with Gasteiger partial charge in [0.15, 0.2) is 6.61 Å². The van der Waals surface area contributed by atoms with Crippen molar-refractivity contribution in [1.82, 2.24) is 5.32 Å². The Balaban J connectivity index is 1.56. The molecule has 0 bridgehead atoms. The Bertz CT molecular complexity index is 723. The molecule has 1 saturated carbocycles. The molecule has 2 atom stereocenters. The molecule has 0 saturated heterocycles. The zero-order valence-corrected chi connectivity index (χ0v) is 12.7. The van der Waals surface area contributed by atoms with Crippen LogP contribution >= 0.6 is 0 Å². The second-order valence-corrected chi connectivity index (χ2v) is 5.88. The maximum atomic E-state index is 12.0. The van der Waals surface area contributed by atoms with E-state index >= 15 is 0 Å². The van der Waals surface area contributed by atoms with Gasteiger partial charge in [-0.15, -0.1) is 0 Å². The van der Waals surface area contributed by atoms with Crippen molar-refractivity contribution in [1.29, 1.82) is 0 Å². The van der Waals surface area contributed by atoms with Crippen LogP contribution in [0, 0.1) is 5.92 Å². The van der Waals surface area contributed by atoms with E-state index in [0.29, 0.717) is 25.0 Å². The first kappa shape index (κ1) is 15.3. The molecule has 1 amide bonds. The second-order valence-electron chi connectivity index (χ2n) is 5.88. The molecule has 3 rings (SSSR count). The van der Waals surface area contributed by atoms with Crippen molar-refractivity contribution in [3.8, 4) is 5.75 Å². The number of carbonyl (C=O) groups is 2. The summed E-state index contributed by atoms with van der Waals surface area (Å²) in [5, 5.41) is 13.9. The van der Waals surface area contributed by atoms with E-state index in [2.05, 4.69) is 5.32 Å². The highest BCUT2D eigenvalue weighted by Crippen LogP contribution is 2.26. The number of rotatable bonds is 5. The number of ether oxygens (including phenoxy) is 1. The maximum Gasteiger partial charge on any atom is 0.306 e. The normalized spacial score (nSPS) is 20.3. The number of hydrogen-bond acceptors (Lipinski definition) is 3. The highest BCUT2D eigenvalue weighted by Gasteiger charge is 2.30. The molecule has 2 N–H and O–H groups in total. The Hall–Kier alpha value is -2.56. The molecular formula is C18H19NO4. The van der Waals surface area contributed by atoms with Gasteiger partial charge in [0.1, 0.15) is 5.75 Å². The van der Waals surface area contributed by atoms with E-state index < -0.39 is 5.97 Å². The molecule has 120 valence electrons. The van der Waals surface area contributed by atoms with Crippen molar-refractivity contribution in [2.75, 3.05) is 6.61 Å². The highest BCUT2D eigenvalue weighted by atomic mass is 16.5. The molecule has 0 spiro atoms. The van der Waals surface area contributed by atoms with E-state index in [1.165, 1.54) is 0 Å². The molecule has 5 heteroatoms. The van der Waals surface area contributed by atoms with Crippen LogP contribution < -0.4 is 10.1 Å². The smallest absolute Gasteiger partial charge is 0.306 e. The Morgan fingerprint density at radius 1 is 1.13 bits per heavy atom. The average Bonchev–Trinajstić information content (AvgIpc) is 3.01. The van der Waals surface area contributed by atoms with Crippen molar-refractivity contribution in [2.24, 2.45) is 5.92 Å². The van der Waals surface area contributed by atoms with Gasteiger partial charge in [0.2, 0.25) is 0 Å². The van der Waals surface area contributed by atoms with Gasteiger partial charge in [-0.1, -0.05) is 36.4 Å². The topological polar surface area (TPSA) is 75.6 Å². The van der Waals surface area contributed by atoms with Crippen molar-refractivity contribution >= 4 is 22.6 Å². The number of hydrogen-bond donors (Lipinski definition) is 2. The highest BCUT2D eigenvalue weighted by molar-refractivity contribution is 5.88. The predicted molar refractivity (Wildman–Crippen MR) is 86.4 cm³/mol. The minimum atomic E-state index is -0.784. The van der Waals surface area contributed by atoms with Crippen LogP contribution in [-0.2, 0) is 9.59 Å². The fourth-order valence-corrected chi connectivity index (χ4v) is 3.07. The third-order valence-electron chi connectivity index (χ3n) is 4.26. The zero-order valence-electron chi connectivity index (χ0n) is 12.7. The van der Waals surface area contributed by atoms with Crippen LogP contribution in [0.3, 0.4) is 0 Å². The van der Waals surface area contributed by atoms with Gasteiger partial charge in [0.05, 0.1) is 5.92 Å². The number of carboxylic acids is 1. The predicted octanol–water partition coefficient (Wildman–Crippen LogP) is 2.59. The standard InChI is InChI=1S/C18H19NO4/c20-17(19-14-9-8-13(10-14)18(21)22)11-23-16-7-3-5-12-4-1-2-6-15(12)16/h1-7,13-14H,8-11H2,(H,19,20)(H,21,22)/t13-,14+/m1/s1. The number of aliphatic carboxylic acids is 1. The average molecular weight is 313 g/mol. The number of carboxylic acid groups (broad SMARTS) is 1. The molecule has 2 aromatic rings. The van der Waals surface area contributed by atoms with Crippen LogP contribution in [0.2, 0.25) is 0 Å². The van der Waals surface area contributed by atoms with Crippen molar-refractivity contribution in [3.63, 3.8) is 0 Å². The van der Waals surface area contributed by atoms with Crippen LogP contribution in [0.1, 0.15) is 19.3 Å². The maximum absolute atomic E-state index is 12.0. The van der Waals surface area contributed by atoms with Gasteiger partial charge >= 0.3 is 5.97 Å². The van der Waals surface area contributed by atoms with Crippen LogP contribution in [-0.4, -0.2) is 29.6 Å². The van der Waals surface area contributed by atoms with Gasteiger partial charge in [0, 0.05) is 11.4 Å². The molecule has 0 aliphatic heterocycles. The lowest BCUT2D eigenvalue weighted by atomic mass is 10.1. The Labute approximate surface area is 134 Å². The summed E-state index contributed by atoms with van der Waals surface area (Å²) < 4.78 is 5.64. The molecule has 1 aliphatic carbocycles. The summed E-state index contributed by atoms with van der Waals surface area (Å²) in [5.74, 6) is -0.671. The Kier molecular flexibility index (Phi) is 4.46. The lowest BCUT2D eigenvalue weighted by Crippen LogP contribution is -2.36. The van der Waals surface area contributed by atoms with Gasteiger partial charge in [-0.3, -0.25) is 9.59 Å². The van der Waals surface area contributed by atoms with E-state index in [-0.39, 0.29) is 24.5 Å². The molecule has 0 heterocycles. The molecular weight excluding hydrogens is 294 g/mol. The number of amides is 1. The van der Waals surface area contributed by atoms with E-state index in [9.17, 15) is 9.59 Å². The minimum absolute atomic E-state index is 0.0672. The Morgan fingerprint density at radius 2 is 1.91 bits per heavy atom. The van der Waals surface area contributed by atoms with E-state index in [1.54, 1.807) is 0 Å². The van der Waals surface area contributed by atoms with E-state index in [0.717, 1.165) is 10.8 Å². The van der Waals surface area contributed by atoms with Gasteiger partial charge in [-0.25, -0.2) is 0 Å². The minimum Gasteiger partial charge on any atom is -0.483 e. The molecule has 0 aromatic heterocycles. The first-order chi connectivity index (χ1) is 11.1. The van der Waals surface area contributed by atoms with Crippen molar-refractivity contribution in [3.05, 3.63) is 42.5 Å². The summed E-state index contributed by atoms with van der Waals surface area (Å²) in [5.41, 5.74) is 0. The molecule has 1 fully saturated rings. The molecule has 0 unspecified atom stereocenters. The molecule has 2 aromatic carbocycles. The largest absolute Gasteiger partial charge is 0.483 e. The fourth-order valence-electron chi connectivity index (χ4n) is 3.07. The zero-order chi connectivity index (χ0) is 16.2. The summed E-state index contributed by atoms with van der Waals surface area (Å²) in [6, 6.07) is 13.5. The molecule has 5 nitrogen and oxygen atoms in total. The van der Waals surface area contributed by atoms with Crippen LogP contribution in [0.15, 0.2) is 42.5 Å². The van der Waals surface area contributed by atoms with Crippen LogP contribution in [0.5, 0.6) is 5.75 Å². The lowest BCUT2D eigenvalue weighted by Gasteiger charge is -2.14. The summed E-state index contributed by atoms with van der Waals surface area (Å²) in [4.78, 5) is 22.9. The first-order valence-corrected chi connectivity index (χ1v) is 7.76. The second kappa shape index (κ2) is 6.69. The van der Waals surface area contributed by atoms with E-state index in [1.807, 2.05) is 42.5 Å². The van der Waals surface area contributed by atoms with Gasteiger partial charge < -0.3 is 15.2 Å². The lowest BCUT2D eigenvalue weighted by molar-refractivity contribution is -0.141. The van der Waals surface area contributed by atoms with Gasteiger partial charge in [0.25, 0.3) is 5.91 Å². The molecule has 1 aliphatic rings. The number of carbonyl (C=O) groups excluding carboxylic acids is 1. The van der Waals surface area contributed by atoms with Crippen LogP contribution in [0.25, 0.3) is 10.8 Å². The van der Waals surface area contributed by atoms with Gasteiger partial charge in [-0.2, -0.15) is 0 Å². The van der Waals surface area contributed by atoms with Crippen molar-refractivity contribution in [2.45, 2.75) is 25.3 Å². The monoisotopic (exact) mass is 313 g/mol. The third-order valence-corrected chi connectivity index (χ3v) is 4.26. The molecule has 23 heavy (non-hydrogen) atoms. The summed E-state index contributed by atoms with van der Waals surface area (Å²) in [6.07, 6.45) is 1.82. The van der Waals surface area contributed by atoms with Crippen LogP contribution in [0.4, 0.5) is 0 Å². The fraction of sp³-hybridized carbons (Fsp3) is 0.333. The number of benzene rings is 2. The quantitative estimate of drug-likeness (QED) is 0.889. The number of nitrogens with one attached hydrogen (secondary N) is 1.